The minimum atomic E-state index is -0.744. The number of hydrogen-bond acceptors (Lipinski definition) is 4. The number of esters is 1. The van der Waals surface area contributed by atoms with Crippen molar-refractivity contribution in [2.45, 2.75) is 40.3 Å². The summed E-state index contributed by atoms with van der Waals surface area (Å²) in [5, 5.41) is 11.3. The molecule has 0 saturated heterocycles. The number of benzene rings is 3. The maximum atomic E-state index is 12.1. The molecular weight excluding hydrogens is 386 g/mol. The van der Waals surface area contributed by atoms with Gasteiger partial charge in [0.05, 0.1) is 7.11 Å². The van der Waals surface area contributed by atoms with Gasteiger partial charge in [0.2, 0.25) is 0 Å². The Hall–Kier alpha value is -3.11. The van der Waals surface area contributed by atoms with E-state index in [1.165, 1.54) is 23.8 Å². The molecule has 0 bridgehead atoms. The molecule has 0 saturated carbocycles. The Labute approximate surface area is 185 Å². The molecule has 0 aliphatic heterocycles. The van der Waals surface area contributed by atoms with Crippen LogP contribution in [0.1, 0.15) is 45.0 Å². The lowest BCUT2D eigenvalue weighted by atomic mass is 9.92. The maximum Gasteiger partial charge on any atom is 0.325 e. The molecule has 1 atom stereocenters. The largest absolute Gasteiger partial charge is 0.468 e. The molecule has 0 amide bonds. The van der Waals surface area contributed by atoms with Crippen LogP contribution in [0.3, 0.4) is 0 Å². The van der Waals surface area contributed by atoms with Gasteiger partial charge in [-0.15, -0.1) is 0 Å². The van der Waals surface area contributed by atoms with Crippen molar-refractivity contribution in [2.24, 2.45) is 0 Å². The van der Waals surface area contributed by atoms with Gasteiger partial charge in [0.25, 0.3) is 0 Å². The molecule has 3 aromatic carbocycles. The van der Waals surface area contributed by atoms with Crippen molar-refractivity contribution >= 4 is 11.7 Å². The Morgan fingerprint density at radius 2 is 1.55 bits per heavy atom. The zero-order chi connectivity index (χ0) is 22.5. The second-order valence-electron chi connectivity index (χ2n) is 8.10. The van der Waals surface area contributed by atoms with Crippen molar-refractivity contribution in [2.75, 3.05) is 18.6 Å². The van der Waals surface area contributed by atoms with E-state index in [2.05, 4.69) is 32.9 Å². The number of nitrogens with zero attached hydrogens (tertiary/aromatic N) is 1. The number of anilines is 1. The molecule has 4 nitrogen and oxygen atoms in total. The lowest BCUT2D eigenvalue weighted by molar-refractivity contribution is -0.139. The molecule has 0 aromatic heterocycles. The second-order valence-corrected chi connectivity index (χ2v) is 8.10. The first kappa shape index (κ1) is 22.6. The molecule has 0 spiro atoms. The van der Waals surface area contributed by atoms with E-state index in [9.17, 15) is 9.90 Å². The Morgan fingerprint density at radius 1 is 0.935 bits per heavy atom. The standard InChI is InChI=1S/C27H31NO3/c1-18-10-6-9-13-25(18)28(17-26(29)31-5)16-22-11-7-8-12-24(22)27(30)23-14-19(2)21(4)20(3)15-23/h6-15,27,30H,16-17H2,1-5H3. The number of para-hydroxylation sites is 1. The number of aliphatic hydroxyl groups is 1. The molecule has 1 N–H and O–H groups in total. The average Bonchev–Trinajstić information content (AvgIpc) is 2.76. The SMILES string of the molecule is COC(=O)CN(Cc1ccccc1C(O)c1cc(C)c(C)c(C)c1)c1ccccc1C. The molecule has 0 fully saturated rings. The van der Waals surface area contributed by atoms with Gasteiger partial charge in [-0.3, -0.25) is 4.79 Å². The average molecular weight is 418 g/mol. The smallest absolute Gasteiger partial charge is 0.325 e. The first-order chi connectivity index (χ1) is 14.8. The van der Waals surface area contributed by atoms with Crippen molar-refractivity contribution in [3.8, 4) is 0 Å². The van der Waals surface area contributed by atoms with E-state index in [0.29, 0.717) is 6.54 Å². The predicted octanol–water partition coefficient (Wildman–Crippen LogP) is 5.18. The second kappa shape index (κ2) is 9.80. The van der Waals surface area contributed by atoms with Crippen molar-refractivity contribution < 1.29 is 14.6 Å². The molecule has 0 aliphatic rings. The van der Waals surface area contributed by atoms with Crippen LogP contribution in [0.5, 0.6) is 0 Å². The quantitative estimate of drug-likeness (QED) is 0.538. The number of carbonyl (C=O) groups is 1. The molecule has 3 aromatic rings. The number of aliphatic hydroxyl groups excluding tert-OH is 1. The number of aryl methyl sites for hydroxylation is 3. The fraction of sp³-hybridized carbons (Fsp3) is 0.296. The zero-order valence-corrected chi connectivity index (χ0v) is 19.0. The highest BCUT2D eigenvalue weighted by Crippen LogP contribution is 2.30. The minimum absolute atomic E-state index is 0.133. The highest BCUT2D eigenvalue weighted by molar-refractivity contribution is 5.76. The van der Waals surface area contributed by atoms with E-state index >= 15 is 0 Å². The fourth-order valence-electron chi connectivity index (χ4n) is 3.92. The van der Waals surface area contributed by atoms with Crippen LogP contribution in [0.25, 0.3) is 0 Å². The first-order valence-electron chi connectivity index (χ1n) is 10.5. The summed E-state index contributed by atoms with van der Waals surface area (Å²) in [6, 6.07) is 19.9. The van der Waals surface area contributed by atoms with Crippen LogP contribution in [0.4, 0.5) is 5.69 Å². The number of hydrogen-bond donors (Lipinski definition) is 1. The molecule has 0 aliphatic carbocycles. The van der Waals surface area contributed by atoms with Crippen molar-refractivity contribution in [3.63, 3.8) is 0 Å². The topological polar surface area (TPSA) is 49.8 Å². The Balaban J connectivity index is 1.99. The van der Waals surface area contributed by atoms with E-state index in [-0.39, 0.29) is 12.5 Å². The Kier molecular flexibility index (Phi) is 7.13. The predicted molar refractivity (Wildman–Crippen MR) is 125 cm³/mol. The Morgan fingerprint density at radius 3 is 2.19 bits per heavy atom. The van der Waals surface area contributed by atoms with Gasteiger partial charge in [0, 0.05) is 12.2 Å². The maximum absolute atomic E-state index is 12.1. The summed E-state index contributed by atoms with van der Waals surface area (Å²) in [7, 11) is 1.40. The van der Waals surface area contributed by atoms with Gasteiger partial charge in [-0.25, -0.2) is 0 Å². The van der Waals surface area contributed by atoms with Crippen LogP contribution in [0.2, 0.25) is 0 Å². The van der Waals surface area contributed by atoms with Crippen LogP contribution in [-0.4, -0.2) is 24.7 Å². The van der Waals surface area contributed by atoms with Crippen LogP contribution < -0.4 is 4.90 Å². The third kappa shape index (κ3) is 5.15. The van der Waals surface area contributed by atoms with Crippen LogP contribution >= 0.6 is 0 Å². The number of methoxy groups -OCH3 is 1. The van der Waals surface area contributed by atoms with E-state index in [1.54, 1.807) is 0 Å². The van der Waals surface area contributed by atoms with Gasteiger partial charge in [-0.1, -0.05) is 54.6 Å². The third-order valence-electron chi connectivity index (χ3n) is 5.98. The van der Waals surface area contributed by atoms with Crippen molar-refractivity contribution in [1.82, 2.24) is 0 Å². The molecular formula is C27H31NO3. The monoisotopic (exact) mass is 417 g/mol. The molecule has 4 heteroatoms. The summed E-state index contributed by atoms with van der Waals surface area (Å²) in [4.78, 5) is 14.1. The molecule has 162 valence electrons. The van der Waals surface area contributed by atoms with Gasteiger partial charge in [-0.2, -0.15) is 0 Å². The zero-order valence-electron chi connectivity index (χ0n) is 19.0. The molecule has 3 rings (SSSR count). The summed E-state index contributed by atoms with van der Waals surface area (Å²) in [6.45, 7) is 8.88. The van der Waals surface area contributed by atoms with Gasteiger partial charge >= 0.3 is 5.97 Å². The lowest BCUT2D eigenvalue weighted by Crippen LogP contribution is -2.31. The summed E-state index contributed by atoms with van der Waals surface area (Å²) in [5.74, 6) is -0.300. The highest BCUT2D eigenvalue weighted by Gasteiger charge is 2.20. The first-order valence-corrected chi connectivity index (χ1v) is 10.5. The normalized spacial score (nSPS) is 11.8. The van der Waals surface area contributed by atoms with Crippen LogP contribution in [-0.2, 0) is 16.1 Å². The van der Waals surface area contributed by atoms with Gasteiger partial charge in [0.1, 0.15) is 12.6 Å². The summed E-state index contributed by atoms with van der Waals surface area (Å²) in [5.41, 5.74) is 8.31. The lowest BCUT2D eigenvalue weighted by Gasteiger charge is -2.27. The molecule has 0 heterocycles. The summed E-state index contributed by atoms with van der Waals surface area (Å²) in [6.07, 6.45) is -0.744. The van der Waals surface area contributed by atoms with E-state index in [1.807, 2.05) is 60.4 Å². The van der Waals surface area contributed by atoms with Crippen molar-refractivity contribution in [3.05, 3.63) is 99.6 Å². The van der Waals surface area contributed by atoms with E-state index in [0.717, 1.165) is 27.9 Å². The summed E-state index contributed by atoms with van der Waals surface area (Å²) < 4.78 is 4.93. The summed E-state index contributed by atoms with van der Waals surface area (Å²) >= 11 is 0. The minimum Gasteiger partial charge on any atom is -0.468 e. The molecule has 0 radical (unpaired) electrons. The number of rotatable bonds is 7. The van der Waals surface area contributed by atoms with Gasteiger partial charge in [-0.05, 0) is 72.7 Å². The Bertz CT molecular complexity index is 1050. The van der Waals surface area contributed by atoms with Gasteiger partial charge in [0.15, 0.2) is 0 Å². The number of ether oxygens (including phenoxy) is 1. The van der Waals surface area contributed by atoms with Gasteiger partial charge < -0.3 is 14.7 Å². The van der Waals surface area contributed by atoms with Crippen molar-refractivity contribution in [1.29, 1.82) is 0 Å². The number of carbonyl (C=O) groups excluding carboxylic acids is 1. The van der Waals surface area contributed by atoms with E-state index in [4.69, 9.17) is 4.74 Å². The van der Waals surface area contributed by atoms with Crippen LogP contribution in [0.15, 0.2) is 60.7 Å². The van der Waals surface area contributed by atoms with Crippen LogP contribution in [0, 0.1) is 27.7 Å². The molecule has 1 unspecified atom stereocenters. The highest BCUT2D eigenvalue weighted by atomic mass is 16.5. The fourth-order valence-corrected chi connectivity index (χ4v) is 3.92. The third-order valence-corrected chi connectivity index (χ3v) is 5.98. The van der Waals surface area contributed by atoms with E-state index < -0.39 is 6.10 Å². The molecule has 31 heavy (non-hydrogen) atoms.